The minimum absolute atomic E-state index is 0.0677. The van der Waals surface area contributed by atoms with Crippen LogP contribution in [0, 0.1) is 0 Å². The number of rotatable bonds is 10. The molecule has 1 saturated carbocycles. The average Bonchev–Trinajstić information content (AvgIpc) is 3.66. The SMILES string of the molecule is CNC(=O)C(N)=C(C=NCCOC)NC(=O)c1nc(C2CC2)ccc1Nc1cncnc1. The zero-order valence-electron chi connectivity index (χ0n) is 18.0. The highest BCUT2D eigenvalue weighted by Crippen LogP contribution is 2.39. The van der Waals surface area contributed by atoms with Gasteiger partial charge in [0.15, 0.2) is 5.69 Å². The van der Waals surface area contributed by atoms with Crippen LogP contribution in [-0.4, -0.2) is 60.3 Å². The number of aromatic nitrogens is 3. The lowest BCUT2D eigenvalue weighted by Gasteiger charge is -2.14. The second kappa shape index (κ2) is 11.0. The second-order valence-corrected chi connectivity index (χ2v) is 7.05. The van der Waals surface area contributed by atoms with Crippen molar-refractivity contribution >= 4 is 29.4 Å². The van der Waals surface area contributed by atoms with Gasteiger partial charge in [-0.1, -0.05) is 0 Å². The highest BCUT2D eigenvalue weighted by Gasteiger charge is 2.27. The molecule has 2 heterocycles. The number of amides is 2. The Morgan fingerprint density at radius 1 is 1.28 bits per heavy atom. The quantitative estimate of drug-likeness (QED) is 0.242. The number of methoxy groups -OCH3 is 1. The first-order valence-corrected chi connectivity index (χ1v) is 10.1. The molecule has 0 aromatic carbocycles. The number of nitrogens with one attached hydrogen (secondary N) is 3. The lowest BCUT2D eigenvalue weighted by Crippen LogP contribution is -2.33. The number of aliphatic imine (C=N–C) groups is 1. The van der Waals surface area contributed by atoms with Crippen LogP contribution in [0.2, 0.25) is 0 Å². The third-order valence-corrected chi connectivity index (χ3v) is 4.62. The Labute approximate surface area is 185 Å². The van der Waals surface area contributed by atoms with Crippen LogP contribution in [0.25, 0.3) is 0 Å². The third kappa shape index (κ3) is 6.08. The lowest BCUT2D eigenvalue weighted by molar-refractivity contribution is -0.117. The van der Waals surface area contributed by atoms with Gasteiger partial charge in [0.05, 0.1) is 42.6 Å². The van der Waals surface area contributed by atoms with Gasteiger partial charge in [-0.2, -0.15) is 0 Å². The Bertz CT molecular complexity index is 1020. The summed E-state index contributed by atoms with van der Waals surface area (Å²) in [6.45, 7) is 0.725. The number of carbonyl (C=O) groups excluding carboxylic acids is 2. The molecule has 0 atom stereocenters. The average molecular weight is 438 g/mol. The van der Waals surface area contributed by atoms with Crippen molar-refractivity contribution in [2.24, 2.45) is 10.7 Å². The van der Waals surface area contributed by atoms with Crippen LogP contribution in [0.5, 0.6) is 0 Å². The molecule has 2 aromatic heterocycles. The molecule has 1 aliphatic rings. The molecule has 3 rings (SSSR count). The van der Waals surface area contributed by atoms with Crippen molar-refractivity contribution in [3.63, 3.8) is 0 Å². The maximum Gasteiger partial charge on any atom is 0.276 e. The van der Waals surface area contributed by atoms with Crippen molar-refractivity contribution in [3.05, 3.63) is 53.6 Å². The van der Waals surface area contributed by atoms with E-state index in [1.807, 2.05) is 6.07 Å². The molecule has 0 aliphatic heterocycles. The largest absolute Gasteiger partial charge is 0.393 e. The van der Waals surface area contributed by atoms with Gasteiger partial charge in [-0.05, 0) is 25.0 Å². The topological polar surface area (TPSA) is 157 Å². The summed E-state index contributed by atoms with van der Waals surface area (Å²) in [6.07, 6.45) is 7.99. The highest BCUT2D eigenvalue weighted by atomic mass is 16.5. The molecule has 11 nitrogen and oxygen atoms in total. The van der Waals surface area contributed by atoms with Crippen LogP contribution in [0.3, 0.4) is 0 Å². The van der Waals surface area contributed by atoms with Gasteiger partial charge in [0.1, 0.15) is 12.0 Å². The van der Waals surface area contributed by atoms with E-state index >= 15 is 0 Å². The molecule has 11 heteroatoms. The number of carbonyl (C=O) groups is 2. The Morgan fingerprint density at radius 2 is 2.03 bits per heavy atom. The first-order valence-electron chi connectivity index (χ1n) is 10.1. The Kier molecular flexibility index (Phi) is 7.81. The molecule has 1 aliphatic carbocycles. The summed E-state index contributed by atoms with van der Waals surface area (Å²) >= 11 is 0. The number of ether oxygens (including phenoxy) is 1. The van der Waals surface area contributed by atoms with Gasteiger partial charge in [0.2, 0.25) is 0 Å². The van der Waals surface area contributed by atoms with Gasteiger partial charge in [0, 0.05) is 32.0 Å². The van der Waals surface area contributed by atoms with E-state index in [0.717, 1.165) is 18.5 Å². The van der Waals surface area contributed by atoms with Gasteiger partial charge in [-0.3, -0.25) is 14.6 Å². The van der Waals surface area contributed by atoms with Gasteiger partial charge in [-0.15, -0.1) is 0 Å². The summed E-state index contributed by atoms with van der Waals surface area (Å²) in [4.78, 5) is 41.9. The van der Waals surface area contributed by atoms with E-state index in [1.165, 1.54) is 19.6 Å². The van der Waals surface area contributed by atoms with E-state index in [2.05, 4.69) is 35.9 Å². The molecule has 0 unspecified atom stereocenters. The van der Waals surface area contributed by atoms with Crippen LogP contribution >= 0.6 is 0 Å². The zero-order valence-corrected chi connectivity index (χ0v) is 18.0. The Hall–Kier alpha value is -3.86. The summed E-state index contributed by atoms with van der Waals surface area (Å²) in [5.41, 5.74) is 7.90. The fourth-order valence-electron chi connectivity index (χ4n) is 2.78. The normalized spacial score (nSPS) is 14.1. The highest BCUT2D eigenvalue weighted by molar-refractivity contribution is 6.05. The van der Waals surface area contributed by atoms with E-state index in [0.29, 0.717) is 30.4 Å². The summed E-state index contributed by atoms with van der Waals surface area (Å²) in [5.74, 6) is -0.734. The van der Waals surface area contributed by atoms with E-state index in [1.54, 1.807) is 25.6 Å². The third-order valence-electron chi connectivity index (χ3n) is 4.62. The standard InChI is InChI=1S/C21H26N8O3/c1-23-20(30)18(22)17(11-24-7-8-32-2)29-21(31)19-16(27-14-9-25-12-26-10-14)6-5-15(28-19)13-3-4-13/h5-6,9-13,27H,3-4,7-8,22H2,1-2H3,(H,23,30)(H,29,31). The summed E-state index contributed by atoms with van der Waals surface area (Å²) in [6, 6.07) is 3.68. The van der Waals surface area contributed by atoms with Gasteiger partial charge >= 0.3 is 0 Å². The van der Waals surface area contributed by atoms with E-state index in [-0.39, 0.29) is 17.1 Å². The van der Waals surface area contributed by atoms with Crippen molar-refractivity contribution < 1.29 is 14.3 Å². The molecular weight excluding hydrogens is 412 g/mol. The maximum absolute atomic E-state index is 13.2. The molecule has 5 N–H and O–H groups in total. The monoisotopic (exact) mass is 438 g/mol. The number of likely N-dealkylation sites (N-methyl/N-ethyl adjacent to an activating group) is 1. The van der Waals surface area contributed by atoms with Crippen molar-refractivity contribution in [3.8, 4) is 0 Å². The predicted molar refractivity (Wildman–Crippen MR) is 120 cm³/mol. The van der Waals surface area contributed by atoms with Crippen molar-refractivity contribution in [2.75, 3.05) is 32.6 Å². The molecular formula is C21H26N8O3. The Balaban J connectivity index is 1.91. The number of hydrogen-bond donors (Lipinski definition) is 4. The molecule has 32 heavy (non-hydrogen) atoms. The molecule has 0 radical (unpaired) electrons. The number of allylic oxidation sites excluding steroid dienone is 1. The van der Waals surface area contributed by atoms with Gasteiger partial charge in [0.25, 0.3) is 11.8 Å². The summed E-state index contributed by atoms with van der Waals surface area (Å²) in [7, 11) is 3.00. The minimum atomic E-state index is -0.544. The number of pyridine rings is 1. The van der Waals surface area contributed by atoms with Crippen molar-refractivity contribution in [1.82, 2.24) is 25.6 Å². The number of nitrogens with zero attached hydrogens (tertiary/aromatic N) is 4. The van der Waals surface area contributed by atoms with Crippen molar-refractivity contribution in [1.29, 1.82) is 0 Å². The zero-order chi connectivity index (χ0) is 22.9. The molecule has 0 bridgehead atoms. The maximum atomic E-state index is 13.2. The van der Waals surface area contributed by atoms with Gasteiger partial charge < -0.3 is 26.4 Å². The van der Waals surface area contributed by atoms with E-state index in [4.69, 9.17) is 10.5 Å². The van der Waals surface area contributed by atoms with E-state index in [9.17, 15) is 9.59 Å². The lowest BCUT2D eigenvalue weighted by atomic mass is 10.2. The van der Waals surface area contributed by atoms with Crippen LogP contribution in [-0.2, 0) is 9.53 Å². The number of anilines is 2. The first-order chi connectivity index (χ1) is 15.5. The molecule has 0 spiro atoms. The van der Waals surface area contributed by atoms with Gasteiger partial charge in [-0.25, -0.2) is 15.0 Å². The first kappa shape index (κ1) is 22.8. The smallest absolute Gasteiger partial charge is 0.276 e. The van der Waals surface area contributed by atoms with Crippen LogP contribution < -0.4 is 21.7 Å². The van der Waals surface area contributed by atoms with Crippen LogP contribution in [0.1, 0.15) is 34.9 Å². The molecule has 1 fully saturated rings. The fourth-order valence-corrected chi connectivity index (χ4v) is 2.78. The number of nitrogens with two attached hydrogens (primary N) is 1. The van der Waals surface area contributed by atoms with Crippen LogP contribution in [0.4, 0.5) is 11.4 Å². The number of hydrogen-bond acceptors (Lipinski definition) is 9. The fraction of sp³-hybridized carbons (Fsp3) is 0.333. The second-order valence-electron chi connectivity index (χ2n) is 7.05. The minimum Gasteiger partial charge on any atom is -0.393 e. The Morgan fingerprint density at radius 3 is 2.69 bits per heavy atom. The molecule has 2 amide bonds. The predicted octanol–water partition coefficient (Wildman–Crippen LogP) is 0.856. The molecule has 2 aromatic rings. The van der Waals surface area contributed by atoms with Crippen LogP contribution in [0.15, 0.2) is 47.2 Å². The summed E-state index contributed by atoms with van der Waals surface area (Å²) < 4.78 is 4.96. The molecule has 168 valence electrons. The summed E-state index contributed by atoms with van der Waals surface area (Å²) in [5, 5.41) is 8.21. The van der Waals surface area contributed by atoms with E-state index < -0.39 is 11.8 Å². The van der Waals surface area contributed by atoms with Crippen molar-refractivity contribution in [2.45, 2.75) is 18.8 Å². The molecule has 0 saturated heterocycles.